The molecule has 0 radical (unpaired) electrons. The Balaban J connectivity index is 1.36. The highest BCUT2D eigenvalue weighted by molar-refractivity contribution is 5.79. The first kappa shape index (κ1) is 24.6. The number of hydrogen-bond acceptors (Lipinski definition) is 7. The van der Waals surface area contributed by atoms with E-state index in [1.54, 1.807) is 0 Å². The van der Waals surface area contributed by atoms with Crippen molar-refractivity contribution >= 4 is 5.91 Å². The maximum Gasteiger partial charge on any atom is 0.232 e. The summed E-state index contributed by atoms with van der Waals surface area (Å²) >= 11 is 0. The molecule has 1 amide bonds. The van der Waals surface area contributed by atoms with E-state index >= 15 is 0 Å². The molecular formula is C27H33N3O5. The van der Waals surface area contributed by atoms with Crippen molar-refractivity contribution in [1.82, 2.24) is 15.0 Å². The van der Waals surface area contributed by atoms with Crippen molar-refractivity contribution in [3.05, 3.63) is 53.9 Å². The highest BCUT2D eigenvalue weighted by atomic mass is 16.5. The van der Waals surface area contributed by atoms with E-state index in [-0.39, 0.29) is 17.9 Å². The van der Waals surface area contributed by atoms with E-state index in [1.807, 2.05) is 75.1 Å². The maximum atomic E-state index is 12.7. The number of carbonyl (C=O) groups excluding carboxylic acids is 1. The third-order valence-corrected chi connectivity index (χ3v) is 5.77. The summed E-state index contributed by atoms with van der Waals surface area (Å²) in [5.41, 5.74) is 1.94. The maximum absolute atomic E-state index is 12.7. The van der Waals surface area contributed by atoms with Crippen LogP contribution in [0.5, 0.6) is 17.2 Å². The molecular weight excluding hydrogens is 446 g/mol. The lowest BCUT2D eigenvalue weighted by Crippen LogP contribution is -2.27. The van der Waals surface area contributed by atoms with E-state index in [4.69, 9.17) is 18.7 Å². The number of aromatic nitrogens is 2. The first-order valence-electron chi connectivity index (χ1n) is 12.2. The van der Waals surface area contributed by atoms with Gasteiger partial charge in [-0.3, -0.25) is 4.79 Å². The molecule has 1 fully saturated rings. The zero-order chi connectivity index (χ0) is 24.8. The molecule has 186 valence electrons. The molecule has 0 N–H and O–H groups in total. The largest absolute Gasteiger partial charge is 0.491 e. The van der Waals surface area contributed by atoms with Crippen LogP contribution >= 0.6 is 0 Å². The molecule has 0 spiro atoms. The second-order valence-electron chi connectivity index (χ2n) is 8.79. The number of likely N-dealkylation sites (tertiary alicyclic amines) is 1. The van der Waals surface area contributed by atoms with E-state index < -0.39 is 0 Å². The lowest BCUT2D eigenvalue weighted by atomic mass is 10.1. The zero-order valence-corrected chi connectivity index (χ0v) is 20.8. The Morgan fingerprint density at radius 2 is 1.80 bits per heavy atom. The zero-order valence-electron chi connectivity index (χ0n) is 20.8. The first-order chi connectivity index (χ1) is 17.0. The van der Waals surface area contributed by atoms with Crippen molar-refractivity contribution in [1.29, 1.82) is 0 Å². The molecule has 1 aromatic heterocycles. The lowest BCUT2D eigenvalue weighted by molar-refractivity contribution is -0.127. The van der Waals surface area contributed by atoms with Crippen molar-refractivity contribution in [2.75, 3.05) is 26.3 Å². The van der Waals surface area contributed by atoms with Crippen LogP contribution in [-0.4, -0.2) is 53.4 Å². The van der Waals surface area contributed by atoms with Crippen LogP contribution in [0, 0.1) is 0 Å². The Kier molecular flexibility index (Phi) is 7.90. The quantitative estimate of drug-likeness (QED) is 0.387. The smallest absolute Gasteiger partial charge is 0.232 e. The number of benzene rings is 2. The number of carbonyl (C=O) groups is 1. The molecule has 1 saturated heterocycles. The van der Waals surface area contributed by atoms with Crippen LogP contribution in [0.2, 0.25) is 0 Å². The Bertz CT molecular complexity index is 1130. The highest BCUT2D eigenvalue weighted by Crippen LogP contribution is 2.31. The Morgan fingerprint density at radius 1 is 1.06 bits per heavy atom. The predicted octanol–water partition coefficient (Wildman–Crippen LogP) is 4.88. The summed E-state index contributed by atoms with van der Waals surface area (Å²) in [4.78, 5) is 19.1. The number of amides is 1. The van der Waals surface area contributed by atoms with Crippen LogP contribution < -0.4 is 14.2 Å². The van der Waals surface area contributed by atoms with Gasteiger partial charge in [0.05, 0.1) is 25.2 Å². The van der Waals surface area contributed by atoms with Gasteiger partial charge in [-0.2, -0.15) is 4.98 Å². The molecule has 1 aliphatic heterocycles. The van der Waals surface area contributed by atoms with Gasteiger partial charge in [-0.25, -0.2) is 0 Å². The fourth-order valence-corrected chi connectivity index (χ4v) is 4.14. The average Bonchev–Trinajstić information content (AvgIpc) is 3.47. The Hall–Kier alpha value is -3.55. The van der Waals surface area contributed by atoms with Gasteiger partial charge >= 0.3 is 0 Å². The summed E-state index contributed by atoms with van der Waals surface area (Å²) in [5, 5.41) is 4.13. The molecule has 35 heavy (non-hydrogen) atoms. The second-order valence-corrected chi connectivity index (χ2v) is 8.79. The summed E-state index contributed by atoms with van der Waals surface area (Å²) in [7, 11) is 0. The normalized spacial score (nSPS) is 15.6. The summed E-state index contributed by atoms with van der Waals surface area (Å²) in [6, 6.07) is 13.5. The van der Waals surface area contributed by atoms with E-state index in [2.05, 4.69) is 10.1 Å². The Morgan fingerprint density at radius 3 is 2.51 bits per heavy atom. The average molecular weight is 480 g/mol. The van der Waals surface area contributed by atoms with Crippen LogP contribution in [-0.2, 0) is 11.2 Å². The van der Waals surface area contributed by atoms with Crippen LogP contribution in [0.4, 0.5) is 0 Å². The molecule has 4 rings (SSSR count). The molecule has 3 aromatic rings. The lowest BCUT2D eigenvalue weighted by Gasteiger charge is -2.17. The van der Waals surface area contributed by atoms with E-state index in [9.17, 15) is 4.79 Å². The van der Waals surface area contributed by atoms with E-state index in [1.165, 1.54) is 0 Å². The minimum absolute atomic E-state index is 0.0981. The molecule has 1 aliphatic rings. The predicted molar refractivity (Wildman–Crippen MR) is 132 cm³/mol. The van der Waals surface area contributed by atoms with E-state index in [0.717, 1.165) is 34.8 Å². The third kappa shape index (κ3) is 6.12. The van der Waals surface area contributed by atoms with Gasteiger partial charge in [-0.15, -0.1) is 0 Å². The summed E-state index contributed by atoms with van der Waals surface area (Å²) in [6.45, 7) is 10.2. The van der Waals surface area contributed by atoms with Crippen LogP contribution in [0.3, 0.4) is 0 Å². The molecule has 0 bridgehead atoms. The van der Waals surface area contributed by atoms with Crippen LogP contribution in [0.1, 0.15) is 51.5 Å². The summed E-state index contributed by atoms with van der Waals surface area (Å²) in [6.07, 6.45) is 1.21. The van der Waals surface area contributed by atoms with Crippen LogP contribution in [0.25, 0.3) is 11.4 Å². The minimum atomic E-state index is -0.105. The molecule has 0 aliphatic carbocycles. The molecule has 1 atom stereocenters. The second kappa shape index (κ2) is 11.3. The van der Waals surface area contributed by atoms with Gasteiger partial charge in [0.2, 0.25) is 17.6 Å². The SMILES string of the molecule is CCOc1ccc(CCN2CC(c3nc(-c4ccc(OC(C)C)cc4)no3)CC2=O)cc1OCC. The number of ether oxygens (including phenoxy) is 3. The number of nitrogens with zero attached hydrogens (tertiary/aromatic N) is 3. The van der Waals surface area contributed by atoms with Gasteiger partial charge in [0.15, 0.2) is 11.5 Å². The topological polar surface area (TPSA) is 86.9 Å². The van der Waals surface area contributed by atoms with Crippen LogP contribution in [0.15, 0.2) is 47.0 Å². The standard InChI is InChI=1S/C27H33N3O5/c1-5-32-23-12-7-19(15-24(23)33-6-2)13-14-30-17-21(16-25(30)31)27-28-26(29-35-27)20-8-10-22(11-9-20)34-18(3)4/h7-12,15,18,21H,5-6,13-14,16-17H2,1-4H3. The van der Waals surface area contributed by atoms with Gasteiger partial charge in [-0.05, 0) is 76.1 Å². The van der Waals surface area contributed by atoms with Gasteiger partial charge in [-0.1, -0.05) is 11.2 Å². The van der Waals surface area contributed by atoms with Gasteiger partial charge in [0.1, 0.15) is 5.75 Å². The fourth-order valence-electron chi connectivity index (χ4n) is 4.14. The van der Waals surface area contributed by atoms with E-state index in [0.29, 0.717) is 44.4 Å². The first-order valence-corrected chi connectivity index (χ1v) is 12.2. The molecule has 1 unspecified atom stereocenters. The number of rotatable bonds is 11. The third-order valence-electron chi connectivity index (χ3n) is 5.77. The molecule has 0 saturated carbocycles. The van der Waals surface area contributed by atoms with Gasteiger partial charge in [0.25, 0.3) is 0 Å². The monoisotopic (exact) mass is 479 g/mol. The van der Waals surface area contributed by atoms with Crippen molar-refractivity contribution in [2.24, 2.45) is 0 Å². The highest BCUT2D eigenvalue weighted by Gasteiger charge is 2.34. The van der Waals surface area contributed by atoms with Crippen molar-refractivity contribution in [2.45, 2.75) is 52.6 Å². The van der Waals surface area contributed by atoms with Crippen molar-refractivity contribution < 1.29 is 23.5 Å². The molecule has 2 heterocycles. The molecule has 2 aromatic carbocycles. The summed E-state index contributed by atoms with van der Waals surface area (Å²) in [5.74, 6) is 3.28. The fraction of sp³-hybridized carbons (Fsp3) is 0.444. The van der Waals surface area contributed by atoms with Gasteiger partial charge in [0, 0.05) is 25.1 Å². The van der Waals surface area contributed by atoms with Gasteiger partial charge < -0.3 is 23.6 Å². The molecule has 8 heteroatoms. The Labute approximate surface area is 206 Å². The number of hydrogen-bond donors (Lipinski definition) is 0. The summed E-state index contributed by atoms with van der Waals surface area (Å²) < 4.78 is 22.6. The van der Waals surface area contributed by atoms with Crippen molar-refractivity contribution in [3.8, 4) is 28.6 Å². The molecule has 8 nitrogen and oxygen atoms in total. The minimum Gasteiger partial charge on any atom is -0.491 e. The van der Waals surface area contributed by atoms with Crippen molar-refractivity contribution in [3.63, 3.8) is 0 Å².